The summed E-state index contributed by atoms with van der Waals surface area (Å²) in [6, 6.07) is 0. The molecule has 0 unspecified atom stereocenters. The second-order valence-electron chi connectivity index (χ2n) is 4.29. The van der Waals surface area contributed by atoms with Gasteiger partial charge >= 0.3 is 0 Å². The summed E-state index contributed by atoms with van der Waals surface area (Å²) < 4.78 is 0. The van der Waals surface area contributed by atoms with E-state index in [4.69, 9.17) is 0 Å². The number of hydrogen-bond acceptors (Lipinski definition) is 3. The van der Waals surface area contributed by atoms with Gasteiger partial charge in [-0.1, -0.05) is 26.8 Å². The van der Waals surface area contributed by atoms with Crippen molar-refractivity contribution in [1.82, 2.24) is 10.3 Å². The topological polar surface area (TPSA) is 24.9 Å². The molecule has 0 aliphatic rings. The third-order valence-electron chi connectivity index (χ3n) is 1.77. The number of nitrogens with one attached hydrogen (secondary N) is 1. The van der Waals surface area contributed by atoms with Gasteiger partial charge in [-0.25, -0.2) is 4.98 Å². The van der Waals surface area contributed by atoms with Crippen molar-refractivity contribution in [2.24, 2.45) is 0 Å². The highest BCUT2D eigenvalue weighted by Crippen LogP contribution is 2.25. The monoisotopic (exact) mass is 210 g/mol. The maximum absolute atomic E-state index is 4.56. The van der Waals surface area contributed by atoms with Crippen LogP contribution in [0.4, 0.5) is 0 Å². The molecule has 3 heteroatoms. The highest BCUT2D eigenvalue weighted by molar-refractivity contribution is 7.09. The second-order valence-corrected chi connectivity index (χ2v) is 5.15. The SMILES string of the molecule is CNC/C=C/c1csc(C(C)(C)C)n1. The Hall–Kier alpha value is -0.670. The summed E-state index contributed by atoms with van der Waals surface area (Å²) in [5.41, 5.74) is 1.23. The van der Waals surface area contributed by atoms with Crippen molar-refractivity contribution in [1.29, 1.82) is 0 Å². The van der Waals surface area contributed by atoms with Crippen molar-refractivity contribution < 1.29 is 0 Å². The van der Waals surface area contributed by atoms with Crippen LogP contribution >= 0.6 is 11.3 Å². The smallest absolute Gasteiger partial charge is 0.0985 e. The van der Waals surface area contributed by atoms with Crippen molar-refractivity contribution in [2.45, 2.75) is 26.2 Å². The maximum Gasteiger partial charge on any atom is 0.0985 e. The van der Waals surface area contributed by atoms with Gasteiger partial charge in [0.05, 0.1) is 10.7 Å². The minimum atomic E-state index is 0.166. The average molecular weight is 210 g/mol. The van der Waals surface area contributed by atoms with Crippen molar-refractivity contribution in [3.05, 3.63) is 22.2 Å². The minimum Gasteiger partial charge on any atom is -0.316 e. The quantitative estimate of drug-likeness (QED) is 0.829. The van der Waals surface area contributed by atoms with E-state index in [1.54, 1.807) is 11.3 Å². The van der Waals surface area contributed by atoms with E-state index in [0.29, 0.717) is 0 Å². The fourth-order valence-corrected chi connectivity index (χ4v) is 1.88. The van der Waals surface area contributed by atoms with E-state index in [1.807, 2.05) is 7.05 Å². The molecule has 0 saturated carbocycles. The van der Waals surface area contributed by atoms with Gasteiger partial charge in [0.15, 0.2) is 0 Å². The van der Waals surface area contributed by atoms with Crippen LogP contribution < -0.4 is 5.32 Å². The molecule has 0 atom stereocenters. The van der Waals surface area contributed by atoms with Gasteiger partial charge in [-0.05, 0) is 13.1 Å². The first-order valence-electron chi connectivity index (χ1n) is 4.81. The van der Waals surface area contributed by atoms with Crippen molar-refractivity contribution in [3.63, 3.8) is 0 Å². The number of hydrogen-bond donors (Lipinski definition) is 1. The van der Waals surface area contributed by atoms with Crippen LogP contribution in [0.3, 0.4) is 0 Å². The Bertz CT molecular complexity index is 307. The minimum absolute atomic E-state index is 0.166. The lowest BCUT2D eigenvalue weighted by molar-refractivity contribution is 0.585. The molecule has 0 aliphatic carbocycles. The first-order chi connectivity index (χ1) is 6.54. The van der Waals surface area contributed by atoms with Crippen LogP contribution in [0.1, 0.15) is 31.5 Å². The van der Waals surface area contributed by atoms with Gasteiger partial charge in [-0.15, -0.1) is 11.3 Å². The molecular weight excluding hydrogens is 192 g/mol. The fraction of sp³-hybridized carbons (Fsp3) is 0.545. The molecule has 14 heavy (non-hydrogen) atoms. The summed E-state index contributed by atoms with van der Waals surface area (Å²) in [6.45, 7) is 7.45. The van der Waals surface area contributed by atoms with E-state index in [1.165, 1.54) is 5.01 Å². The Morgan fingerprint density at radius 3 is 2.71 bits per heavy atom. The summed E-state index contributed by atoms with van der Waals surface area (Å²) >= 11 is 1.73. The van der Waals surface area contributed by atoms with Gasteiger partial charge < -0.3 is 5.32 Å². The van der Waals surface area contributed by atoms with E-state index in [0.717, 1.165) is 12.2 Å². The predicted molar refractivity (Wildman–Crippen MR) is 63.8 cm³/mol. The molecule has 0 saturated heterocycles. The third-order valence-corrected chi connectivity index (χ3v) is 3.06. The summed E-state index contributed by atoms with van der Waals surface area (Å²) in [5.74, 6) is 0. The highest BCUT2D eigenvalue weighted by Gasteiger charge is 2.16. The molecule has 1 heterocycles. The lowest BCUT2D eigenvalue weighted by atomic mass is 9.98. The Labute approximate surface area is 90.1 Å². The Morgan fingerprint density at radius 1 is 1.50 bits per heavy atom. The van der Waals surface area contributed by atoms with E-state index in [-0.39, 0.29) is 5.41 Å². The number of aromatic nitrogens is 1. The largest absolute Gasteiger partial charge is 0.316 e. The predicted octanol–water partition coefficient (Wildman–Crippen LogP) is 2.67. The number of likely N-dealkylation sites (N-methyl/N-ethyl adjacent to an activating group) is 1. The van der Waals surface area contributed by atoms with E-state index in [9.17, 15) is 0 Å². The Morgan fingerprint density at radius 2 is 2.21 bits per heavy atom. The number of rotatable bonds is 3. The molecule has 0 bridgehead atoms. The zero-order chi connectivity index (χ0) is 10.6. The molecule has 0 amide bonds. The van der Waals surface area contributed by atoms with Crippen LogP contribution in [-0.4, -0.2) is 18.6 Å². The molecule has 2 nitrogen and oxygen atoms in total. The lowest BCUT2D eigenvalue weighted by Crippen LogP contribution is -2.10. The molecular formula is C11H18N2S. The van der Waals surface area contributed by atoms with Crippen molar-refractivity contribution >= 4 is 17.4 Å². The Balaban J connectivity index is 2.69. The van der Waals surface area contributed by atoms with Gasteiger partial charge in [-0.2, -0.15) is 0 Å². The van der Waals surface area contributed by atoms with Crippen LogP contribution in [0.25, 0.3) is 6.08 Å². The lowest BCUT2D eigenvalue weighted by Gasteiger charge is -2.13. The molecule has 0 aromatic carbocycles. The van der Waals surface area contributed by atoms with Crippen LogP contribution in [0.15, 0.2) is 11.5 Å². The van der Waals surface area contributed by atoms with Crippen LogP contribution in [-0.2, 0) is 5.41 Å². The van der Waals surface area contributed by atoms with Gasteiger partial charge in [0.1, 0.15) is 0 Å². The molecule has 0 radical (unpaired) electrons. The zero-order valence-corrected chi connectivity index (χ0v) is 10.1. The molecule has 1 N–H and O–H groups in total. The third kappa shape index (κ3) is 3.24. The van der Waals surface area contributed by atoms with Gasteiger partial charge in [-0.3, -0.25) is 0 Å². The fourth-order valence-electron chi connectivity index (χ4n) is 1.00. The van der Waals surface area contributed by atoms with Crippen molar-refractivity contribution in [2.75, 3.05) is 13.6 Å². The van der Waals surface area contributed by atoms with Crippen molar-refractivity contribution in [3.8, 4) is 0 Å². The maximum atomic E-state index is 4.56. The first kappa shape index (κ1) is 11.4. The molecule has 0 aliphatic heterocycles. The second kappa shape index (κ2) is 4.71. The van der Waals surface area contributed by atoms with Gasteiger partial charge in [0.2, 0.25) is 0 Å². The van der Waals surface area contributed by atoms with E-state index >= 15 is 0 Å². The van der Waals surface area contributed by atoms with Crippen LogP contribution in [0.5, 0.6) is 0 Å². The summed E-state index contributed by atoms with van der Waals surface area (Å²) in [6.07, 6.45) is 4.14. The van der Waals surface area contributed by atoms with Crippen LogP contribution in [0.2, 0.25) is 0 Å². The summed E-state index contributed by atoms with van der Waals surface area (Å²) in [5, 5.41) is 6.36. The molecule has 78 valence electrons. The van der Waals surface area contributed by atoms with Gasteiger partial charge in [0.25, 0.3) is 0 Å². The normalized spacial score (nSPS) is 12.6. The molecule has 1 rings (SSSR count). The van der Waals surface area contributed by atoms with Gasteiger partial charge in [0, 0.05) is 17.3 Å². The number of thiazole rings is 1. The summed E-state index contributed by atoms with van der Waals surface area (Å²) in [4.78, 5) is 4.56. The van der Waals surface area contributed by atoms with Crippen LogP contribution in [0, 0.1) is 0 Å². The molecule has 0 fully saturated rings. The molecule has 1 aromatic heterocycles. The summed E-state index contributed by atoms with van der Waals surface area (Å²) in [7, 11) is 1.94. The first-order valence-corrected chi connectivity index (χ1v) is 5.69. The Kier molecular flexibility index (Phi) is 3.84. The molecule has 0 spiro atoms. The number of nitrogens with zero attached hydrogens (tertiary/aromatic N) is 1. The standard InChI is InChI=1S/C11H18N2S/c1-11(2,3)10-13-9(8-14-10)6-5-7-12-4/h5-6,8,12H,7H2,1-4H3/b6-5+. The zero-order valence-electron chi connectivity index (χ0n) is 9.29. The molecule has 1 aromatic rings. The highest BCUT2D eigenvalue weighted by atomic mass is 32.1. The van der Waals surface area contributed by atoms with E-state index < -0.39 is 0 Å². The average Bonchev–Trinajstić information content (AvgIpc) is 2.52. The van der Waals surface area contributed by atoms with E-state index in [2.05, 4.69) is 48.6 Å².